The average molecular weight is 335 g/mol. The zero-order valence-electron chi connectivity index (χ0n) is 13.6. The van der Waals surface area contributed by atoms with Gasteiger partial charge in [0.25, 0.3) is 0 Å². The monoisotopic (exact) mass is 335 g/mol. The molecular weight excluding hydrogens is 318 g/mol. The van der Waals surface area contributed by atoms with Crippen molar-refractivity contribution in [1.29, 1.82) is 0 Å². The van der Waals surface area contributed by atoms with E-state index in [1.807, 2.05) is 35.2 Å². The smallest absolute Gasteiger partial charge is 0.249 e. The van der Waals surface area contributed by atoms with Crippen LogP contribution in [0, 0.1) is 0 Å². The van der Waals surface area contributed by atoms with E-state index >= 15 is 0 Å². The maximum atomic E-state index is 12.7. The van der Waals surface area contributed by atoms with Crippen LogP contribution >= 0.6 is 0 Å². The SMILES string of the molecule is O=C(Cc1cccnc1)N1CCC[C@@H]1c1nc(-c2ccccn2)no1. The number of nitrogens with zero attached hydrogens (tertiary/aromatic N) is 5. The summed E-state index contributed by atoms with van der Waals surface area (Å²) in [5.74, 6) is 0.966. The molecule has 0 radical (unpaired) electrons. The Morgan fingerprint density at radius 1 is 1.24 bits per heavy atom. The van der Waals surface area contributed by atoms with Crippen molar-refractivity contribution in [2.75, 3.05) is 6.54 Å². The van der Waals surface area contributed by atoms with Gasteiger partial charge in [0.05, 0.1) is 6.42 Å². The Morgan fingerprint density at radius 2 is 2.20 bits per heavy atom. The summed E-state index contributed by atoms with van der Waals surface area (Å²) < 4.78 is 5.43. The predicted molar refractivity (Wildman–Crippen MR) is 89.2 cm³/mol. The number of likely N-dealkylation sites (tertiary alicyclic amines) is 1. The van der Waals surface area contributed by atoms with E-state index < -0.39 is 0 Å². The third-order valence-corrected chi connectivity index (χ3v) is 4.27. The number of hydrogen-bond donors (Lipinski definition) is 0. The van der Waals surface area contributed by atoms with Crippen molar-refractivity contribution in [3.63, 3.8) is 0 Å². The van der Waals surface area contributed by atoms with Gasteiger partial charge in [0.1, 0.15) is 11.7 Å². The molecule has 1 aliphatic heterocycles. The highest BCUT2D eigenvalue weighted by atomic mass is 16.5. The Labute approximate surface area is 144 Å². The second-order valence-electron chi connectivity index (χ2n) is 5.95. The van der Waals surface area contributed by atoms with Crippen LogP contribution in [0.3, 0.4) is 0 Å². The fraction of sp³-hybridized carbons (Fsp3) is 0.278. The quantitative estimate of drug-likeness (QED) is 0.728. The number of carbonyl (C=O) groups is 1. The van der Waals surface area contributed by atoms with E-state index in [1.165, 1.54) is 0 Å². The van der Waals surface area contributed by atoms with Gasteiger partial charge in [-0.05, 0) is 36.6 Å². The highest BCUT2D eigenvalue weighted by molar-refractivity contribution is 5.79. The van der Waals surface area contributed by atoms with Crippen LogP contribution in [-0.4, -0.2) is 37.5 Å². The lowest BCUT2D eigenvalue weighted by atomic mass is 10.1. The molecule has 1 saturated heterocycles. The van der Waals surface area contributed by atoms with Crippen LogP contribution in [-0.2, 0) is 11.2 Å². The van der Waals surface area contributed by atoms with Crippen molar-refractivity contribution in [2.45, 2.75) is 25.3 Å². The molecule has 1 aliphatic rings. The molecule has 0 saturated carbocycles. The molecule has 0 aliphatic carbocycles. The Balaban J connectivity index is 1.52. The largest absolute Gasteiger partial charge is 0.337 e. The second kappa shape index (κ2) is 6.80. The standard InChI is InChI=1S/C18H17N5O2/c24-16(11-13-5-3-8-19-12-13)23-10-4-7-15(23)18-21-17(22-25-18)14-6-1-2-9-20-14/h1-3,5-6,8-9,12,15H,4,7,10-11H2/t15-/m1/s1. The molecule has 25 heavy (non-hydrogen) atoms. The summed E-state index contributed by atoms with van der Waals surface area (Å²) in [5, 5.41) is 4.01. The first-order chi connectivity index (χ1) is 12.3. The Morgan fingerprint density at radius 3 is 3.00 bits per heavy atom. The van der Waals surface area contributed by atoms with Gasteiger partial charge < -0.3 is 9.42 Å². The molecule has 7 nitrogen and oxygen atoms in total. The molecule has 7 heteroatoms. The number of pyridine rings is 2. The van der Waals surface area contributed by atoms with Gasteiger partial charge in [0, 0.05) is 25.1 Å². The van der Waals surface area contributed by atoms with E-state index in [0.717, 1.165) is 18.4 Å². The van der Waals surface area contributed by atoms with Crippen LogP contribution in [0.4, 0.5) is 0 Å². The van der Waals surface area contributed by atoms with E-state index in [4.69, 9.17) is 4.52 Å². The molecule has 3 aromatic heterocycles. The van der Waals surface area contributed by atoms with E-state index in [-0.39, 0.29) is 11.9 Å². The third-order valence-electron chi connectivity index (χ3n) is 4.27. The minimum absolute atomic E-state index is 0.0492. The van der Waals surface area contributed by atoms with E-state index in [9.17, 15) is 4.79 Å². The number of aromatic nitrogens is 4. The Kier molecular flexibility index (Phi) is 4.20. The first-order valence-corrected chi connectivity index (χ1v) is 8.24. The molecule has 3 aromatic rings. The fourth-order valence-electron chi connectivity index (χ4n) is 3.07. The van der Waals surface area contributed by atoms with Gasteiger partial charge in [-0.25, -0.2) is 0 Å². The number of rotatable bonds is 4. The van der Waals surface area contributed by atoms with Gasteiger partial charge in [0.2, 0.25) is 17.6 Å². The first-order valence-electron chi connectivity index (χ1n) is 8.24. The first kappa shape index (κ1) is 15.4. The zero-order valence-corrected chi connectivity index (χ0v) is 13.6. The summed E-state index contributed by atoms with van der Waals surface area (Å²) in [6.45, 7) is 0.699. The molecule has 1 fully saturated rings. The lowest BCUT2D eigenvalue weighted by Gasteiger charge is -2.21. The molecule has 1 atom stereocenters. The van der Waals surface area contributed by atoms with Gasteiger partial charge in [0.15, 0.2) is 0 Å². The molecular formula is C18H17N5O2. The number of hydrogen-bond acceptors (Lipinski definition) is 6. The molecule has 4 rings (SSSR count). The van der Waals surface area contributed by atoms with Crippen molar-refractivity contribution in [2.24, 2.45) is 0 Å². The van der Waals surface area contributed by atoms with Crippen LogP contribution in [0.25, 0.3) is 11.5 Å². The molecule has 0 aromatic carbocycles. The van der Waals surface area contributed by atoms with Crippen molar-refractivity contribution >= 4 is 5.91 Å². The molecule has 4 heterocycles. The minimum atomic E-state index is -0.172. The van der Waals surface area contributed by atoms with Gasteiger partial charge in [-0.2, -0.15) is 4.98 Å². The van der Waals surface area contributed by atoms with Crippen molar-refractivity contribution < 1.29 is 9.32 Å². The fourth-order valence-corrected chi connectivity index (χ4v) is 3.07. The maximum Gasteiger partial charge on any atom is 0.249 e. The van der Waals surface area contributed by atoms with Crippen molar-refractivity contribution in [3.05, 3.63) is 60.4 Å². The molecule has 0 N–H and O–H groups in total. The average Bonchev–Trinajstić information content (AvgIpc) is 3.32. The van der Waals surface area contributed by atoms with Crippen LogP contribution in [0.1, 0.15) is 30.3 Å². The topological polar surface area (TPSA) is 85.0 Å². The van der Waals surface area contributed by atoms with Crippen molar-refractivity contribution in [3.8, 4) is 11.5 Å². The normalized spacial score (nSPS) is 17.0. The van der Waals surface area contributed by atoms with Crippen LogP contribution in [0.2, 0.25) is 0 Å². The van der Waals surface area contributed by atoms with Gasteiger partial charge in [-0.15, -0.1) is 0 Å². The summed E-state index contributed by atoms with van der Waals surface area (Å²) in [4.78, 5) is 27.2. The van der Waals surface area contributed by atoms with E-state index in [0.29, 0.717) is 30.4 Å². The predicted octanol–water partition coefficient (Wildman–Crippen LogP) is 2.43. The van der Waals surface area contributed by atoms with Gasteiger partial charge in [-0.3, -0.25) is 14.8 Å². The number of amides is 1. The van der Waals surface area contributed by atoms with E-state index in [2.05, 4.69) is 20.1 Å². The highest BCUT2D eigenvalue weighted by Gasteiger charge is 2.34. The third kappa shape index (κ3) is 3.26. The molecule has 126 valence electrons. The summed E-state index contributed by atoms with van der Waals surface area (Å²) >= 11 is 0. The van der Waals surface area contributed by atoms with E-state index in [1.54, 1.807) is 18.6 Å². The molecule has 0 spiro atoms. The summed E-state index contributed by atoms with van der Waals surface area (Å²) in [6.07, 6.45) is 7.17. The van der Waals surface area contributed by atoms with Crippen LogP contribution in [0.5, 0.6) is 0 Å². The maximum absolute atomic E-state index is 12.7. The summed E-state index contributed by atoms with van der Waals surface area (Å²) in [5.41, 5.74) is 1.56. The molecule has 1 amide bonds. The zero-order chi connectivity index (χ0) is 17.1. The van der Waals surface area contributed by atoms with Crippen LogP contribution < -0.4 is 0 Å². The second-order valence-corrected chi connectivity index (χ2v) is 5.95. The highest BCUT2D eigenvalue weighted by Crippen LogP contribution is 2.32. The summed E-state index contributed by atoms with van der Waals surface area (Å²) in [7, 11) is 0. The molecule has 0 bridgehead atoms. The Hall–Kier alpha value is -3.09. The Bertz CT molecular complexity index is 850. The lowest BCUT2D eigenvalue weighted by molar-refractivity contribution is -0.131. The number of carbonyl (C=O) groups excluding carboxylic acids is 1. The molecule has 0 unspecified atom stereocenters. The summed E-state index contributed by atoms with van der Waals surface area (Å²) in [6, 6.07) is 9.10. The minimum Gasteiger partial charge on any atom is -0.337 e. The van der Waals surface area contributed by atoms with Gasteiger partial charge >= 0.3 is 0 Å². The lowest BCUT2D eigenvalue weighted by Crippen LogP contribution is -2.32. The van der Waals surface area contributed by atoms with Crippen molar-refractivity contribution in [1.82, 2.24) is 25.0 Å². The van der Waals surface area contributed by atoms with Gasteiger partial charge in [-0.1, -0.05) is 17.3 Å². The van der Waals surface area contributed by atoms with Crippen LogP contribution in [0.15, 0.2) is 53.4 Å².